The third-order valence-corrected chi connectivity index (χ3v) is 4.06. The lowest BCUT2D eigenvalue weighted by Gasteiger charge is -2.34. The van der Waals surface area contributed by atoms with Crippen molar-refractivity contribution in [2.75, 3.05) is 24.6 Å². The number of aromatic nitrogens is 1. The maximum absolute atomic E-state index is 8.96. The first-order chi connectivity index (χ1) is 10.3. The van der Waals surface area contributed by atoms with Crippen molar-refractivity contribution in [3.63, 3.8) is 0 Å². The Morgan fingerprint density at radius 2 is 2.10 bits per heavy atom. The van der Waals surface area contributed by atoms with E-state index >= 15 is 0 Å². The average Bonchev–Trinajstić information content (AvgIpc) is 2.56. The minimum Gasteiger partial charge on any atom is -0.370 e. The number of ether oxygens (including phenoxy) is 1. The first-order valence-electron chi connectivity index (χ1n) is 6.74. The fourth-order valence-corrected chi connectivity index (χ4v) is 2.70. The molecule has 0 spiro atoms. The van der Waals surface area contributed by atoms with Gasteiger partial charge in [-0.1, -0.05) is 28.1 Å². The van der Waals surface area contributed by atoms with Crippen LogP contribution in [0.15, 0.2) is 47.1 Å². The van der Waals surface area contributed by atoms with E-state index in [1.165, 1.54) is 0 Å². The molecule has 0 radical (unpaired) electrons. The van der Waals surface area contributed by atoms with Gasteiger partial charge >= 0.3 is 0 Å². The number of hydrogen-bond acceptors (Lipinski definition) is 4. The van der Waals surface area contributed by atoms with Crippen molar-refractivity contribution in [2.45, 2.75) is 6.10 Å². The van der Waals surface area contributed by atoms with Gasteiger partial charge in [-0.2, -0.15) is 5.26 Å². The van der Waals surface area contributed by atoms with Crippen LogP contribution in [0.2, 0.25) is 0 Å². The van der Waals surface area contributed by atoms with Crippen LogP contribution in [0.1, 0.15) is 17.4 Å². The zero-order valence-electron chi connectivity index (χ0n) is 11.4. The van der Waals surface area contributed by atoms with E-state index < -0.39 is 0 Å². The standard InChI is InChI=1S/C16H14BrN3O/c17-13-3-1-12(2-4-13)16-11-20(7-8-21-16)15-5-6-19-14(9-15)10-18/h1-6,9,16H,7-8,11H2. The Bertz CT molecular complexity index is 666. The van der Waals surface area contributed by atoms with Crippen LogP contribution < -0.4 is 4.90 Å². The molecule has 0 N–H and O–H groups in total. The highest BCUT2D eigenvalue weighted by Gasteiger charge is 2.22. The summed E-state index contributed by atoms with van der Waals surface area (Å²) in [6, 6.07) is 14.0. The van der Waals surface area contributed by atoms with Crippen LogP contribution in [0.25, 0.3) is 0 Å². The third-order valence-electron chi connectivity index (χ3n) is 3.53. The number of morpholine rings is 1. The largest absolute Gasteiger partial charge is 0.370 e. The van der Waals surface area contributed by atoms with Gasteiger partial charge in [-0.25, -0.2) is 4.98 Å². The molecule has 2 aromatic rings. The summed E-state index contributed by atoms with van der Waals surface area (Å²) in [5.74, 6) is 0. The summed E-state index contributed by atoms with van der Waals surface area (Å²) in [4.78, 5) is 6.25. The fourth-order valence-electron chi connectivity index (χ4n) is 2.44. The van der Waals surface area contributed by atoms with E-state index in [0.29, 0.717) is 12.3 Å². The summed E-state index contributed by atoms with van der Waals surface area (Å²) in [5, 5.41) is 8.96. The van der Waals surface area contributed by atoms with Crippen LogP contribution in [0, 0.1) is 11.3 Å². The summed E-state index contributed by atoms with van der Waals surface area (Å²) in [6.45, 7) is 2.27. The number of benzene rings is 1. The molecule has 21 heavy (non-hydrogen) atoms. The van der Waals surface area contributed by atoms with Crippen LogP contribution >= 0.6 is 15.9 Å². The highest BCUT2D eigenvalue weighted by Crippen LogP contribution is 2.27. The molecule has 1 aromatic carbocycles. The molecule has 0 amide bonds. The molecule has 5 heteroatoms. The second-order valence-corrected chi connectivity index (χ2v) is 5.78. The molecular weight excluding hydrogens is 330 g/mol. The predicted octanol–water partition coefficient (Wildman–Crippen LogP) is 3.29. The van der Waals surface area contributed by atoms with Gasteiger partial charge in [0.2, 0.25) is 0 Å². The van der Waals surface area contributed by atoms with Gasteiger partial charge in [0, 0.05) is 29.4 Å². The lowest BCUT2D eigenvalue weighted by molar-refractivity contribution is 0.0398. The normalized spacial score (nSPS) is 18.3. The van der Waals surface area contributed by atoms with Crippen molar-refractivity contribution in [2.24, 2.45) is 0 Å². The Balaban J connectivity index is 1.79. The Kier molecular flexibility index (Phi) is 4.18. The summed E-state index contributed by atoms with van der Waals surface area (Å²) in [7, 11) is 0. The van der Waals surface area contributed by atoms with Crippen LogP contribution in [-0.2, 0) is 4.74 Å². The van der Waals surface area contributed by atoms with Crippen LogP contribution in [0.5, 0.6) is 0 Å². The number of nitriles is 1. The van der Waals surface area contributed by atoms with Crippen molar-refractivity contribution in [1.29, 1.82) is 5.26 Å². The molecule has 1 unspecified atom stereocenters. The molecule has 4 nitrogen and oxygen atoms in total. The molecule has 106 valence electrons. The Morgan fingerprint density at radius 1 is 1.29 bits per heavy atom. The van der Waals surface area contributed by atoms with Crippen molar-refractivity contribution >= 4 is 21.6 Å². The first kappa shape index (κ1) is 14.1. The third kappa shape index (κ3) is 3.23. The number of nitrogens with zero attached hydrogens (tertiary/aromatic N) is 3. The molecule has 0 saturated carbocycles. The van der Waals surface area contributed by atoms with E-state index in [2.05, 4.69) is 44.0 Å². The minimum atomic E-state index is 0.0468. The summed E-state index contributed by atoms with van der Waals surface area (Å²) >= 11 is 3.45. The quantitative estimate of drug-likeness (QED) is 0.839. The van der Waals surface area contributed by atoms with Crippen molar-refractivity contribution in [3.05, 3.63) is 58.3 Å². The van der Waals surface area contributed by atoms with Gasteiger partial charge in [-0.3, -0.25) is 0 Å². The molecule has 1 saturated heterocycles. The SMILES string of the molecule is N#Cc1cc(N2CCOC(c3ccc(Br)cc3)C2)ccn1. The van der Waals surface area contributed by atoms with Crippen molar-refractivity contribution in [3.8, 4) is 6.07 Å². The van der Waals surface area contributed by atoms with E-state index in [4.69, 9.17) is 10.00 Å². The highest BCUT2D eigenvalue weighted by molar-refractivity contribution is 9.10. The molecule has 1 atom stereocenters. The predicted molar refractivity (Wildman–Crippen MR) is 84.0 cm³/mol. The molecule has 2 heterocycles. The van der Waals surface area contributed by atoms with E-state index in [1.54, 1.807) is 6.20 Å². The first-order valence-corrected chi connectivity index (χ1v) is 7.54. The number of rotatable bonds is 2. The van der Waals surface area contributed by atoms with E-state index in [1.807, 2.05) is 24.3 Å². The summed E-state index contributed by atoms with van der Waals surface area (Å²) in [6.07, 6.45) is 1.73. The zero-order valence-corrected chi connectivity index (χ0v) is 13.0. The lowest BCUT2D eigenvalue weighted by atomic mass is 10.1. The molecule has 3 rings (SSSR count). The molecule has 1 aromatic heterocycles. The number of hydrogen-bond donors (Lipinski definition) is 0. The van der Waals surface area contributed by atoms with Crippen LogP contribution in [0.4, 0.5) is 5.69 Å². The van der Waals surface area contributed by atoms with Gasteiger partial charge in [0.1, 0.15) is 17.9 Å². The average molecular weight is 344 g/mol. The monoisotopic (exact) mass is 343 g/mol. The molecule has 1 aliphatic heterocycles. The van der Waals surface area contributed by atoms with Gasteiger partial charge in [0.25, 0.3) is 0 Å². The number of anilines is 1. The molecule has 1 aliphatic rings. The Hall–Kier alpha value is -1.90. The maximum atomic E-state index is 8.96. The van der Waals surface area contributed by atoms with Crippen molar-refractivity contribution in [1.82, 2.24) is 4.98 Å². The lowest BCUT2D eigenvalue weighted by Crippen LogP contribution is -2.38. The van der Waals surface area contributed by atoms with Gasteiger partial charge in [0.15, 0.2) is 0 Å². The second-order valence-electron chi connectivity index (χ2n) is 4.87. The second kappa shape index (κ2) is 6.25. The summed E-state index contributed by atoms with van der Waals surface area (Å²) in [5.41, 5.74) is 2.63. The smallest absolute Gasteiger partial charge is 0.142 e. The van der Waals surface area contributed by atoms with Gasteiger partial charge in [0.05, 0.1) is 6.61 Å². The summed E-state index contributed by atoms with van der Waals surface area (Å²) < 4.78 is 6.94. The van der Waals surface area contributed by atoms with Crippen molar-refractivity contribution < 1.29 is 4.74 Å². The molecular formula is C16H14BrN3O. The minimum absolute atomic E-state index is 0.0468. The Labute approximate surface area is 132 Å². The Morgan fingerprint density at radius 3 is 2.86 bits per heavy atom. The van der Waals surface area contributed by atoms with Crippen LogP contribution in [-0.4, -0.2) is 24.7 Å². The van der Waals surface area contributed by atoms with E-state index in [-0.39, 0.29) is 6.10 Å². The molecule has 1 fully saturated rings. The highest BCUT2D eigenvalue weighted by atomic mass is 79.9. The fraction of sp³-hybridized carbons (Fsp3) is 0.250. The molecule has 0 bridgehead atoms. The van der Waals surface area contributed by atoms with Crippen LogP contribution in [0.3, 0.4) is 0 Å². The zero-order chi connectivity index (χ0) is 14.7. The van der Waals surface area contributed by atoms with Gasteiger partial charge < -0.3 is 9.64 Å². The van der Waals surface area contributed by atoms with Gasteiger partial charge in [-0.05, 0) is 29.8 Å². The van der Waals surface area contributed by atoms with E-state index in [9.17, 15) is 0 Å². The number of halogens is 1. The van der Waals surface area contributed by atoms with E-state index in [0.717, 1.165) is 28.8 Å². The molecule has 0 aliphatic carbocycles. The topological polar surface area (TPSA) is 49.2 Å². The number of pyridine rings is 1. The maximum Gasteiger partial charge on any atom is 0.142 e. The van der Waals surface area contributed by atoms with Gasteiger partial charge in [-0.15, -0.1) is 0 Å².